The lowest BCUT2D eigenvalue weighted by molar-refractivity contribution is -0.119. The van der Waals surface area contributed by atoms with E-state index >= 15 is 0 Å². The highest BCUT2D eigenvalue weighted by Crippen LogP contribution is 2.02. The van der Waals surface area contributed by atoms with Crippen LogP contribution in [0.1, 0.15) is 13.8 Å². The molecule has 1 aliphatic rings. The highest BCUT2D eigenvalue weighted by atomic mass is 16.3. The monoisotopic (exact) mass is 302 g/mol. The molecule has 0 aromatic carbocycles. The van der Waals surface area contributed by atoms with E-state index in [1.54, 1.807) is 13.8 Å². The van der Waals surface area contributed by atoms with Gasteiger partial charge in [-0.25, -0.2) is 0 Å². The van der Waals surface area contributed by atoms with E-state index in [1.807, 2.05) is 4.90 Å². The number of amides is 1. The van der Waals surface area contributed by atoms with E-state index in [9.17, 15) is 15.0 Å². The number of primary amides is 1. The predicted molar refractivity (Wildman–Crippen MR) is 81.9 cm³/mol. The molecule has 21 heavy (non-hydrogen) atoms. The van der Waals surface area contributed by atoms with Crippen LogP contribution in [0, 0.1) is 0 Å². The van der Waals surface area contributed by atoms with Gasteiger partial charge in [-0.05, 0) is 13.8 Å². The summed E-state index contributed by atoms with van der Waals surface area (Å²) in [6, 6.07) is 0. The highest BCUT2D eigenvalue weighted by Gasteiger charge is 2.18. The number of carbonyl (C=O) groups is 1. The van der Waals surface area contributed by atoms with E-state index in [2.05, 4.69) is 9.80 Å². The minimum absolute atomic E-state index is 0.255. The Kier molecular flexibility index (Phi) is 8.13. The molecule has 1 fully saturated rings. The molecule has 1 amide bonds. The summed E-state index contributed by atoms with van der Waals surface area (Å²) in [4.78, 5) is 17.6. The van der Waals surface area contributed by atoms with Crippen molar-refractivity contribution in [3.05, 3.63) is 0 Å². The Hall–Kier alpha value is -0.730. The van der Waals surface area contributed by atoms with Gasteiger partial charge in [0, 0.05) is 52.4 Å². The Balaban J connectivity index is 2.64. The van der Waals surface area contributed by atoms with Gasteiger partial charge in [0.05, 0.1) is 18.8 Å². The maximum Gasteiger partial charge on any atom is 0.231 e. The van der Waals surface area contributed by atoms with Crippen LogP contribution in [0.4, 0.5) is 0 Å². The molecule has 1 saturated heterocycles. The van der Waals surface area contributed by atoms with Gasteiger partial charge in [0.1, 0.15) is 0 Å². The Morgan fingerprint density at radius 3 is 1.52 bits per heavy atom. The van der Waals surface area contributed by atoms with Crippen LogP contribution in [0.2, 0.25) is 0 Å². The molecule has 0 bridgehead atoms. The molecule has 0 saturated carbocycles. The Morgan fingerprint density at radius 2 is 1.24 bits per heavy atom. The third-order valence-electron chi connectivity index (χ3n) is 3.62. The van der Waals surface area contributed by atoms with Gasteiger partial charge in [-0.3, -0.25) is 19.5 Å². The summed E-state index contributed by atoms with van der Waals surface area (Å²) in [6.07, 6.45) is -0.749. The number of nitrogens with two attached hydrogens (primary N) is 1. The van der Waals surface area contributed by atoms with Crippen LogP contribution >= 0.6 is 0 Å². The Morgan fingerprint density at radius 1 is 0.905 bits per heavy atom. The van der Waals surface area contributed by atoms with Crippen LogP contribution in [-0.2, 0) is 4.79 Å². The van der Waals surface area contributed by atoms with Gasteiger partial charge >= 0.3 is 0 Å². The van der Waals surface area contributed by atoms with Gasteiger partial charge in [0.2, 0.25) is 5.91 Å². The summed E-state index contributed by atoms with van der Waals surface area (Å²) in [5.74, 6) is -0.321. The topological polar surface area (TPSA) is 93.3 Å². The normalized spacial score (nSPS) is 23.0. The van der Waals surface area contributed by atoms with Crippen LogP contribution in [0.3, 0.4) is 0 Å². The van der Waals surface area contributed by atoms with Crippen LogP contribution in [0.5, 0.6) is 0 Å². The van der Waals surface area contributed by atoms with Gasteiger partial charge in [0.15, 0.2) is 0 Å². The second-order valence-corrected chi connectivity index (χ2v) is 6.04. The molecule has 4 N–H and O–H groups in total. The zero-order chi connectivity index (χ0) is 15.8. The lowest BCUT2D eigenvalue weighted by Crippen LogP contribution is -2.42. The van der Waals surface area contributed by atoms with Crippen molar-refractivity contribution in [2.24, 2.45) is 5.73 Å². The molecule has 1 aliphatic heterocycles. The number of nitrogens with zero attached hydrogens (tertiary/aromatic N) is 3. The number of β-amino-alcohol motifs (C(OH)–C–C–N with tert-alkyl or cyclic N) is 2. The number of rotatable bonds is 6. The maximum absolute atomic E-state index is 11.1. The molecule has 0 aromatic rings. The standard InChI is InChI=1S/C14H30N4O3/c1-12(19)9-16-3-4-17(10-13(2)20)6-8-18(7-5-16)11-14(15)21/h12-13,19-20H,3-11H2,1-2H3,(H2,15,21)/t12-,13-/m0/s1. The van der Waals surface area contributed by atoms with Crippen molar-refractivity contribution >= 4 is 5.91 Å². The van der Waals surface area contributed by atoms with Crippen LogP contribution in [0.25, 0.3) is 0 Å². The van der Waals surface area contributed by atoms with E-state index in [0.717, 1.165) is 39.3 Å². The quantitative estimate of drug-likeness (QED) is 0.533. The van der Waals surface area contributed by atoms with Crippen molar-refractivity contribution in [3.63, 3.8) is 0 Å². The second kappa shape index (κ2) is 9.32. The highest BCUT2D eigenvalue weighted by molar-refractivity contribution is 5.75. The Bertz CT molecular complexity index is 291. The predicted octanol–water partition coefficient (Wildman–Crippen LogP) is -1.85. The van der Waals surface area contributed by atoms with Gasteiger partial charge in [-0.1, -0.05) is 0 Å². The SMILES string of the molecule is C[C@H](O)CN1CCN(CC(N)=O)CCN(C[C@H](C)O)CC1. The molecule has 0 aliphatic carbocycles. The zero-order valence-electron chi connectivity index (χ0n) is 13.2. The third kappa shape index (κ3) is 8.33. The van der Waals surface area contributed by atoms with Gasteiger partial charge in [-0.15, -0.1) is 0 Å². The van der Waals surface area contributed by atoms with Crippen molar-refractivity contribution in [3.8, 4) is 0 Å². The minimum Gasteiger partial charge on any atom is -0.392 e. The molecule has 2 atom stereocenters. The summed E-state index contributed by atoms with van der Waals surface area (Å²) in [6.45, 7) is 9.88. The van der Waals surface area contributed by atoms with Gasteiger partial charge in [-0.2, -0.15) is 0 Å². The Labute approximate surface area is 127 Å². The molecule has 0 unspecified atom stereocenters. The zero-order valence-corrected chi connectivity index (χ0v) is 13.2. The van der Waals surface area contributed by atoms with Crippen LogP contribution in [-0.4, -0.2) is 102 Å². The lowest BCUT2D eigenvalue weighted by atomic mass is 10.3. The number of hydrogen-bond acceptors (Lipinski definition) is 6. The fourth-order valence-corrected chi connectivity index (χ4v) is 2.67. The summed E-state index contributed by atoms with van der Waals surface area (Å²) >= 11 is 0. The first kappa shape index (κ1) is 18.3. The van der Waals surface area contributed by atoms with E-state index in [1.165, 1.54) is 0 Å². The van der Waals surface area contributed by atoms with Crippen molar-refractivity contribution < 1.29 is 15.0 Å². The number of aliphatic hydroxyl groups is 2. The average Bonchev–Trinajstić information content (AvgIpc) is 2.42. The second-order valence-electron chi connectivity index (χ2n) is 6.04. The first-order valence-electron chi connectivity index (χ1n) is 7.68. The van der Waals surface area contributed by atoms with Crippen LogP contribution in [0.15, 0.2) is 0 Å². The molecular formula is C14H30N4O3. The molecule has 1 rings (SSSR count). The number of hydrogen-bond donors (Lipinski definition) is 3. The van der Waals surface area contributed by atoms with Crippen molar-refractivity contribution in [2.45, 2.75) is 26.1 Å². The van der Waals surface area contributed by atoms with E-state index in [-0.39, 0.29) is 24.7 Å². The molecule has 7 nitrogen and oxygen atoms in total. The van der Waals surface area contributed by atoms with Crippen LogP contribution < -0.4 is 5.73 Å². The smallest absolute Gasteiger partial charge is 0.231 e. The summed E-state index contributed by atoms with van der Waals surface area (Å²) in [5, 5.41) is 19.2. The first-order valence-corrected chi connectivity index (χ1v) is 7.68. The van der Waals surface area contributed by atoms with E-state index in [0.29, 0.717) is 13.1 Å². The summed E-state index contributed by atoms with van der Waals surface area (Å²) in [7, 11) is 0. The van der Waals surface area contributed by atoms with Crippen molar-refractivity contribution in [1.82, 2.24) is 14.7 Å². The number of aliphatic hydroxyl groups excluding tert-OH is 2. The number of carbonyl (C=O) groups excluding carboxylic acids is 1. The average molecular weight is 302 g/mol. The van der Waals surface area contributed by atoms with Gasteiger partial charge in [0.25, 0.3) is 0 Å². The molecule has 0 spiro atoms. The summed E-state index contributed by atoms with van der Waals surface area (Å²) < 4.78 is 0. The van der Waals surface area contributed by atoms with Gasteiger partial charge < -0.3 is 15.9 Å². The fourth-order valence-electron chi connectivity index (χ4n) is 2.67. The molecule has 7 heteroatoms. The first-order chi connectivity index (χ1) is 9.86. The third-order valence-corrected chi connectivity index (χ3v) is 3.62. The lowest BCUT2D eigenvalue weighted by Gasteiger charge is -2.27. The van der Waals surface area contributed by atoms with Crippen molar-refractivity contribution in [1.29, 1.82) is 0 Å². The minimum atomic E-state index is -0.374. The summed E-state index contributed by atoms with van der Waals surface area (Å²) in [5.41, 5.74) is 5.30. The molecular weight excluding hydrogens is 272 g/mol. The van der Waals surface area contributed by atoms with E-state index < -0.39 is 0 Å². The molecule has 0 radical (unpaired) electrons. The molecule has 1 heterocycles. The van der Waals surface area contributed by atoms with E-state index in [4.69, 9.17) is 5.73 Å². The largest absolute Gasteiger partial charge is 0.392 e. The fraction of sp³-hybridized carbons (Fsp3) is 0.929. The van der Waals surface area contributed by atoms with Crippen molar-refractivity contribution in [2.75, 3.05) is 58.9 Å². The molecule has 124 valence electrons. The molecule has 0 aromatic heterocycles. The maximum atomic E-state index is 11.1.